The first kappa shape index (κ1) is 12.2. The zero-order valence-electron chi connectivity index (χ0n) is 11.0. The number of fused-ring (bicyclic) bond motifs is 2. The van der Waals surface area contributed by atoms with E-state index in [1.54, 1.807) is 6.20 Å². The van der Waals surface area contributed by atoms with Crippen LogP contribution in [0.25, 0.3) is 0 Å². The first-order chi connectivity index (χ1) is 8.63. The summed E-state index contributed by atoms with van der Waals surface area (Å²) in [4.78, 5) is 8.29. The maximum Gasteiger partial charge on any atom is 0.224 e. The molecule has 0 aliphatic heterocycles. The van der Waals surface area contributed by atoms with Crippen molar-refractivity contribution in [2.45, 2.75) is 45.6 Å². The Kier molecular flexibility index (Phi) is 3.18. The first-order valence-electron chi connectivity index (χ1n) is 6.89. The van der Waals surface area contributed by atoms with Crippen molar-refractivity contribution in [3.63, 3.8) is 0 Å². The van der Waals surface area contributed by atoms with Gasteiger partial charge in [0.05, 0.1) is 0 Å². The van der Waals surface area contributed by atoms with Crippen molar-refractivity contribution >= 4 is 17.4 Å². The third kappa shape index (κ3) is 2.20. The molecule has 0 aromatic carbocycles. The second-order valence-corrected chi connectivity index (χ2v) is 6.28. The molecule has 1 aromatic rings. The maximum atomic E-state index is 5.86. The van der Waals surface area contributed by atoms with Gasteiger partial charge in [0, 0.05) is 17.8 Å². The van der Waals surface area contributed by atoms with E-state index in [1.807, 2.05) is 6.92 Å². The zero-order chi connectivity index (χ0) is 12.7. The Morgan fingerprint density at radius 2 is 2.22 bits per heavy atom. The lowest BCUT2D eigenvalue weighted by atomic mass is 9.84. The summed E-state index contributed by atoms with van der Waals surface area (Å²) < 4.78 is 0. The number of aryl methyl sites for hydroxylation is 1. The van der Waals surface area contributed by atoms with Gasteiger partial charge < -0.3 is 5.32 Å². The van der Waals surface area contributed by atoms with Crippen LogP contribution in [0.15, 0.2) is 6.20 Å². The van der Waals surface area contributed by atoms with Crippen LogP contribution in [0.3, 0.4) is 0 Å². The van der Waals surface area contributed by atoms with Gasteiger partial charge >= 0.3 is 0 Å². The maximum absolute atomic E-state index is 5.86. The lowest BCUT2D eigenvalue weighted by Crippen LogP contribution is -2.30. The molecular formula is C14H20ClN3. The number of halogens is 1. The number of hydrogen-bond donors (Lipinski definition) is 1. The smallest absolute Gasteiger partial charge is 0.224 e. The Morgan fingerprint density at radius 1 is 1.39 bits per heavy atom. The van der Waals surface area contributed by atoms with Crippen LogP contribution < -0.4 is 5.32 Å². The van der Waals surface area contributed by atoms with Crippen molar-refractivity contribution in [1.29, 1.82) is 0 Å². The molecule has 2 bridgehead atoms. The number of nitrogens with one attached hydrogen (secondary N) is 1. The molecule has 4 unspecified atom stereocenters. The molecule has 0 amide bonds. The molecule has 3 nitrogen and oxygen atoms in total. The SMILES string of the molecule is Cc1cnc(Cl)nc1NC(C)C1CC2CCC1C2. The highest BCUT2D eigenvalue weighted by molar-refractivity contribution is 6.28. The van der Waals surface area contributed by atoms with E-state index in [9.17, 15) is 0 Å². The van der Waals surface area contributed by atoms with E-state index in [0.717, 1.165) is 29.1 Å². The van der Waals surface area contributed by atoms with Crippen LogP contribution in [0.4, 0.5) is 5.82 Å². The van der Waals surface area contributed by atoms with E-state index in [-0.39, 0.29) is 0 Å². The van der Waals surface area contributed by atoms with Gasteiger partial charge in [-0.1, -0.05) is 6.42 Å². The lowest BCUT2D eigenvalue weighted by Gasteiger charge is -2.29. The van der Waals surface area contributed by atoms with E-state index in [0.29, 0.717) is 11.3 Å². The van der Waals surface area contributed by atoms with Gasteiger partial charge in [-0.05, 0) is 62.5 Å². The molecule has 1 aromatic heterocycles. The second-order valence-electron chi connectivity index (χ2n) is 5.94. The number of nitrogens with zero attached hydrogens (tertiary/aromatic N) is 2. The number of rotatable bonds is 3. The Balaban J connectivity index is 1.70. The predicted octanol–water partition coefficient (Wildman–Crippen LogP) is 3.68. The molecule has 2 saturated carbocycles. The van der Waals surface area contributed by atoms with Crippen LogP contribution in [0, 0.1) is 24.7 Å². The summed E-state index contributed by atoms with van der Waals surface area (Å²) in [5.74, 6) is 3.61. The molecule has 1 N–H and O–H groups in total. The van der Waals surface area contributed by atoms with Gasteiger partial charge in [0.1, 0.15) is 5.82 Å². The van der Waals surface area contributed by atoms with Crippen molar-refractivity contribution in [3.8, 4) is 0 Å². The largest absolute Gasteiger partial charge is 0.367 e. The lowest BCUT2D eigenvalue weighted by molar-refractivity contribution is 0.304. The van der Waals surface area contributed by atoms with E-state index < -0.39 is 0 Å². The van der Waals surface area contributed by atoms with E-state index in [1.165, 1.54) is 25.7 Å². The fraction of sp³-hybridized carbons (Fsp3) is 0.714. The summed E-state index contributed by atoms with van der Waals surface area (Å²) in [6, 6.07) is 0.477. The number of hydrogen-bond acceptors (Lipinski definition) is 3. The molecule has 98 valence electrons. The molecule has 18 heavy (non-hydrogen) atoms. The average molecular weight is 266 g/mol. The van der Waals surface area contributed by atoms with Crippen molar-refractivity contribution in [2.24, 2.45) is 17.8 Å². The molecule has 3 rings (SSSR count). The van der Waals surface area contributed by atoms with E-state index in [4.69, 9.17) is 11.6 Å². The van der Waals surface area contributed by atoms with Gasteiger partial charge in [0.15, 0.2) is 0 Å². The number of anilines is 1. The quantitative estimate of drug-likeness (QED) is 0.848. The fourth-order valence-electron chi connectivity index (χ4n) is 3.80. The summed E-state index contributed by atoms with van der Waals surface area (Å²) in [7, 11) is 0. The Bertz CT molecular complexity index is 449. The predicted molar refractivity (Wildman–Crippen MR) is 73.8 cm³/mol. The highest BCUT2D eigenvalue weighted by atomic mass is 35.5. The van der Waals surface area contributed by atoms with Crippen LogP contribution in [0.1, 0.15) is 38.2 Å². The van der Waals surface area contributed by atoms with Crippen molar-refractivity contribution in [1.82, 2.24) is 9.97 Å². The third-order valence-electron chi connectivity index (χ3n) is 4.74. The van der Waals surface area contributed by atoms with Crippen molar-refractivity contribution in [3.05, 3.63) is 17.0 Å². The third-order valence-corrected chi connectivity index (χ3v) is 4.92. The fourth-order valence-corrected chi connectivity index (χ4v) is 3.93. The standard InChI is InChI=1S/C14H20ClN3/c1-8-7-16-14(15)18-13(8)17-9(2)12-6-10-3-4-11(12)5-10/h7,9-12H,3-6H2,1-2H3,(H,16,17,18). The zero-order valence-corrected chi connectivity index (χ0v) is 11.7. The molecule has 1 heterocycles. The van der Waals surface area contributed by atoms with E-state index in [2.05, 4.69) is 22.2 Å². The molecule has 2 aliphatic carbocycles. The minimum absolute atomic E-state index is 0.322. The highest BCUT2D eigenvalue weighted by Crippen LogP contribution is 2.49. The van der Waals surface area contributed by atoms with Gasteiger partial charge in [0.25, 0.3) is 0 Å². The molecule has 2 fully saturated rings. The molecule has 4 heteroatoms. The van der Waals surface area contributed by atoms with Crippen molar-refractivity contribution < 1.29 is 0 Å². The van der Waals surface area contributed by atoms with Crippen LogP contribution in [0.2, 0.25) is 5.28 Å². The van der Waals surface area contributed by atoms with Crippen LogP contribution >= 0.6 is 11.6 Å². The minimum atomic E-state index is 0.322. The summed E-state index contributed by atoms with van der Waals surface area (Å²) in [6.07, 6.45) is 7.49. The molecule has 0 spiro atoms. The summed E-state index contributed by atoms with van der Waals surface area (Å²) >= 11 is 5.86. The highest BCUT2D eigenvalue weighted by Gasteiger charge is 2.41. The van der Waals surface area contributed by atoms with Crippen LogP contribution in [-0.2, 0) is 0 Å². The molecule has 2 aliphatic rings. The normalized spacial score (nSPS) is 31.6. The Hall–Kier alpha value is -0.830. The van der Waals surface area contributed by atoms with Crippen molar-refractivity contribution in [2.75, 3.05) is 5.32 Å². The monoisotopic (exact) mass is 265 g/mol. The Labute approximate surface area is 113 Å². The van der Waals surface area contributed by atoms with Crippen LogP contribution in [0.5, 0.6) is 0 Å². The van der Waals surface area contributed by atoms with Gasteiger partial charge in [-0.25, -0.2) is 9.97 Å². The molecular weight excluding hydrogens is 246 g/mol. The first-order valence-corrected chi connectivity index (χ1v) is 7.27. The van der Waals surface area contributed by atoms with Crippen LogP contribution in [-0.4, -0.2) is 16.0 Å². The summed E-state index contributed by atoms with van der Waals surface area (Å²) in [6.45, 7) is 4.30. The Morgan fingerprint density at radius 3 is 2.89 bits per heavy atom. The minimum Gasteiger partial charge on any atom is -0.367 e. The second kappa shape index (κ2) is 4.69. The number of aromatic nitrogens is 2. The summed E-state index contributed by atoms with van der Waals surface area (Å²) in [5, 5.41) is 3.86. The molecule has 0 radical (unpaired) electrons. The molecule has 0 saturated heterocycles. The summed E-state index contributed by atoms with van der Waals surface area (Å²) in [5.41, 5.74) is 1.06. The van der Waals surface area contributed by atoms with Gasteiger partial charge in [-0.3, -0.25) is 0 Å². The van der Waals surface area contributed by atoms with E-state index >= 15 is 0 Å². The molecule has 4 atom stereocenters. The average Bonchev–Trinajstić information content (AvgIpc) is 2.96. The van der Waals surface area contributed by atoms with Gasteiger partial charge in [-0.15, -0.1) is 0 Å². The topological polar surface area (TPSA) is 37.8 Å². The van der Waals surface area contributed by atoms with Gasteiger partial charge in [-0.2, -0.15) is 0 Å². The van der Waals surface area contributed by atoms with Gasteiger partial charge in [0.2, 0.25) is 5.28 Å².